The molecule has 1 aliphatic rings. The molecule has 1 saturated heterocycles. The second-order valence-corrected chi connectivity index (χ2v) is 3.49. The summed E-state index contributed by atoms with van der Waals surface area (Å²) < 4.78 is 5.18. The Hall–Kier alpha value is -0.630. The standard InChI is InChI=1S/C10H16O2/c1-8(2)7-10(11)9-3-5-12-6-4-9/h9H,1,3-7H2,2H3. The van der Waals surface area contributed by atoms with Crippen LogP contribution in [0.15, 0.2) is 12.2 Å². The van der Waals surface area contributed by atoms with Gasteiger partial charge in [-0.05, 0) is 19.8 Å². The number of ether oxygens (including phenoxy) is 1. The van der Waals surface area contributed by atoms with Gasteiger partial charge in [0.25, 0.3) is 0 Å². The van der Waals surface area contributed by atoms with E-state index in [1.54, 1.807) is 0 Å². The number of hydrogen-bond acceptors (Lipinski definition) is 2. The van der Waals surface area contributed by atoms with Crippen molar-refractivity contribution < 1.29 is 9.53 Å². The van der Waals surface area contributed by atoms with Gasteiger partial charge in [-0.1, -0.05) is 12.2 Å². The average molecular weight is 168 g/mol. The van der Waals surface area contributed by atoms with Crippen molar-refractivity contribution >= 4 is 5.78 Å². The minimum Gasteiger partial charge on any atom is -0.381 e. The lowest BCUT2D eigenvalue weighted by molar-refractivity contribution is -0.124. The van der Waals surface area contributed by atoms with Crippen LogP contribution in [0.3, 0.4) is 0 Å². The Kier molecular flexibility index (Phi) is 3.48. The summed E-state index contributed by atoms with van der Waals surface area (Å²) in [4.78, 5) is 11.5. The highest BCUT2D eigenvalue weighted by Gasteiger charge is 2.20. The Morgan fingerprint density at radius 2 is 2.08 bits per heavy atom. The van der Waals surface area contributed by atoms with Crippen LogP contribution in [0.1, 0.15) is 26.2 Å². The Balaban J connectivity index is 2.34. The topological polar surface area (TPSA) is 26.3 Å². The Bertz CT molecular complexity index is 178. The fourth-order valence-electron chi connectivity index (χ4n) is 1.46. The molecule has 0 spiro atoms. The molecule has 0 N–H and O–H groups in total. The van der Waals surface area contributed by atoms with E-state index in [-0.39, 0.29) is 5.92 Å². The van der Waals surface area contributed by atoms with Crippen molar-refractivity contribution in [2.45, 2.75) is 26.2 Å². The summed E-state index contributed by atoms with van der Waals surface area (Å²) in [5.41, 5.74) is 0.964. The van der Waals surface area contributed by atoms with E-state index in [1.165, 1.54) is 0 Å². The van der Waals surface area contributed by atoms with Gasteiger partial charge < -0.3 is 4.74 Å². The first-order valence-corrected chi connectivity index (χ1v) is 4.45. The quantitative estimate of drug-likeness (QED) is 0.602. The van der Waals surface area contributed by atoms with Crippen LogP contribution in [-0.2, 0) is 9.53 Å². The molecule has 0 saturated carbocycles. The van der Waals surface area contributed by atoms with Gasteiger partial charge in [0.15, 0.2) is 0 Å². The molecule has 2 nitrogen and oxygen atoms in total. The number of rotatable bonds is 3. The zero-order valence-electron chi connectivity index (χ0n) is 7.64. The molecule has 2 heteroatoms. The van der Waals surface area contributed by atoms with E-state index < -0.39 is 0 Å². The zero-order valence-corrected chi connectivity index (χ0v) is 7.64. The van der Waals surface area contributed by atoms with E-state index in [2.05, 4.69) is 6.58 Å². The molecule has 0 aromatic heterocycles. The first kappa shape index (κ1) is 9.46. The zero-order chi connectivity index (χ0) is 8.97. The second-order valence-electron chi connectivity index (χ2n) is 3.49. The number of carbonyl (C=O) groups excluding carboxylic acids is 1. The first-order chi connectivity index (χ1) is 5.70. The van der Waals surface area contributed by atoms with Gasteiger partial charge in [-0.25, -0.2) is 0 Å². The summed E-state index contributed by atoms with van der Waals surface area (Å²) in [7, 11) is 0. The molecule has 1 rings (SSSR count). The smallest absolute Gasteiger partial charge is 0.140 e. The van der Waals surface area contributed by atoms with Crippen molar-refractivity contribution in [3.63, 3.8) is 0 Å². The molecule has 0 atom stereocenters. The molecule has 0 aromatic carbocycles. The fourth-order valence-corrected chi connectivity index (χ4v) is 1.46. The van der Waals surface area contributed by atoms with Crippen molar-refractivity contribution in [2.24, 2.45) is 5.92 Å². The summed E-state index contributed by atoms with van der Waals surface area (Å²) in [5, 5.41) is 0. The lowest BCUT2D eigenvalue weighted by Gasteiger charge is -2.20. The molecule has 0 aliphatic carbocycles. The third-order valence-corrected chi connectivity index (χ3v) is 2.15. The molecule has 68 valence electrons. The molecule has 0 radical (unpaired) electrons. The van der Waals surface area contributed by atoms with E-state index >= 15 is 0 Å². The van der Waals surface area contributed by atoms with E-state index in [1.807, 2.05) is 6.92 Å². The molecule has 0 bridgehead atoms. The highest BCUT2D eigenvalue weighted by Crippen LogP contribution is 2.18. The van der Waals surface area contributed by atoms with Crippen LogP contribution in [0.25, 0.3) is 0 Å². The summed E-state index contributed by atoms with van der Waals surface area (Å²) in [6.07, 6.45) is 2.34. The van der Waals surface area contributed by atoms with Gasteiger partial charge in [-0.15, -0.1) is 0 Å². The Labute approximate surface area is 73.6 Å². The maximum atomic E-state index is 11.5. The predicted octanol–water partition coefficient (Wildman–Crippen LogP) is 1.95. The third kappa shape index (κ3) is 2.78. The number of allylic oxidation sites excluding steroid dienone is 1. The molecule has 0 unspecified atom stereocenters. The van der Waals surface area contributed by atoms with Crippen LogP contribution in [0, 0.1) is 5.92 Å². The van der Waals surface area contributed by atoms with Crippen LogP contribution in [-0.4, -0.2) is 19.0 Å². The monoisotopic (exact) mass is 168 g/mol. The predicted molar refractivity (Wildman–Crippen MR) is 48.0 cm³/mol. The van der Waals surface area contributed by atoms with Gasteiger partial charge in [-0.3, -0.25) is 4.79 Å². The lowest BCUT2D eigenvalue weighted by atomic mass is 9.92. The lowest BCUT2D eigenvalue weighted by Crippen LogP contribution is -2.23. The highest BCUT2D eigenvalue weighted by molar-refractivity contribution is 5.83. The van der Waals surface area contributed by atoms with Gasteiger partial charge >= 0.3 is 0 Å². The van der Waals surface area contributed by atoms with Crippen LogP contribution in [0.5, 0.6) is 0 Å². The Morgan fingerprint density at radius 1 is 1.50 bits per heavy atom. The van der Waals surface area contributed by atoms with Crippen LogP contribution < -0.4 is 0 Å². The molecular weight excluding hydrogens is 152 g/mol. The molecule has 1 aliphatic heterocycles. The summed E-state index contributed by atoms with van der Waals surface area (Å²) in [5.74, 6) is 0.571. The number of carbonyl (C=O) groups is 1. The molecule has 1 fully saturated rings. The minimum absolute atomic E-state index is 0.232. The van der Waals surface area contributed by atoms with Gasteiger partial charge in [0.05, 0.1) is 0 Å². The van der Waals surface area contributed by atoms with Gasteiger partial charge in [0.2, 0.25) is 0 Å². The maximum Gasteiger partial charge on any atom is 0.140 e. The summed E-state index contributed by atoms with van der Waals surface area (Å²) in [6, 6.07) is 0. The number of Topliss-reactive ketones (excluding diaryl/α,β-unsaturated/α-hetero) is 1. The summed E-state index contributed by atoms with van der Waals surface area (Å²) >= 11 is 0. The van der Waals surface area contributed by atoms with Crippen molar-refractivity contribution in [1.82, 2.24) is 0 Å². The maximum absolute atomic E-state index is 11.5. The van der Waals surface area contributed by atoms with Crippen LogP contribution >= 0.6 is 0 Å². The van der Waals surface area contributed by atoms with Crippen molar-refractivity contribution in [3.05, 3.63) is 12.2 Å². The third-order valence-electron chi connectivity index (χ3n) is 2.15. The van der Waals surface area contributed by atoms with E-state index in [0.717, 1.165) is 31.6 Å². The van der Waals surface area contributed by atoms with Gasteiger partial charge in [-0.2, -0.15) is 0 Å². The minimum atomic E-state index is 0.232. The number of ketones is 1. The summed E-state index contributed by atoms with van der Waals surface area (Å²) in [6.45, 7) is 7.12. The fraction of sp³-hybridized carbons (Fsp3) is 0.700. The first-order valence-electron chi connectivity index (χ1n) is 4.45. The molecule has 0 aromatic rings. The molecule has 0 amide bonds. The Morgan fingerprint density at radius 3 is 2.58 bits per heavy atom. The van der Waals surface area contributed by atoms with Crippen molar-refractivity contribution in [3.8, 4) is 0 Å². The van der Waals surface area contributed by atoms with Crippen LogP contribution in [0.4, 0.5) is 0 Å². The van der Waals surface area contributed by atoms with E-state index in [0.29, 0.717) is 12.2 Å². The van der Waals surface area contributed by atoms with Crippen molar-refractivity contribution in [1.29, 1.82) is 0 Å². The largest absolute Gasteiger partial charge is 0.381 e. The van der Waals surface area contributed by atoms with Gasteiger partial charge in [0.1, 0.15) is 5.78 Å². The highest BCUT2D eigenvalue weighted by atomic mass is 16.5. The second kappa shape index (κ2) is 4.41. The van der Waals surface area contributed by atoms with E-state index in [9.17, 15) is 4.79 Å². The average Bonchev–Trinajstić information content (AvgIpc) is 2.05. The normalized spacial score (nSPS) is 19.1. The molecule has 1 heterocycles. The SMILES string of the molecule is C=C(C)CC(=O)C1CCOCC1. The van der Waals surface area contributed by atoms with Crippen molar-refractivity contribution in [2.75, 3.05) is 13.2 Å². The van der Waals surface area contributed by atoms with E-state index in [4.69, 9.17) is 4.74 Å². The molecular formula is C10H16O2. The molecule has 12 heavy (non-hydrogen) atoms. The van der Waals surface area contributed by atoms with Crippen LogP contribution in [0.2, 0.25) is 0 Å². The number of hydrogen-bond donors (Lipinski definition) is 0. The van der Waals surface area contributed by atoms with Gasteiger partial charge in [0, 0.05) is 25.6 Å².